The number of aromatic amines is 1. The monoisotopic (exact) mass is 368 g/mol. The number of H-pyrrole nitrogens is 1. The number of rotatable bonds is 9. The van der Waals surface area contributed by atoms with Gasteiger partial charge in [-0.25, -0.2) is 4.98 Å². The van der Waals surface area contributed by atoms with Gasteiger partial charge in [0, 0.05) is 23.3 Å². The topological polar surface area (TPSA) is 83.0 Å². The fourth-order valence-corrected chi connectivity index (χ4v) is 3.56. The van der Waals surface area contributed by atoms with Crippen molar-refractivity contribution in [3.8, 4) is 0 Å². The maximum absolute atomic E-state index is 12.5. The van der Waals surface area contributed by atoms with E-state index >= 15 is 0 Å². The summed E-state index contributed by atoms with van der Waals surface area (Å²) < 4.78 is 0. The molecule has 3 aromatic rings. The summed E-state index contributed by atoms with van der Waals surface area (Å²) in [6.07, 6.45) is 2.79. The highest BCUT2D eigenvalue weighted by Gasteiger charge is 2.11. The van der Waals surface area contributed by atoms with E-state index in [0.717, 1.165) is 34.8 Å². The number of carbonyl (C=O) groups is 2. The van der Waals surface area contributed by atoms with Crippen LogP contribution in [0.15, 0.2) is 53.7 Å². The Bertz CT molecular complexity index is 906. The molecule has 0 bridgehead atoms. The number of unbranched alkanes of at least 4 members (excludes halogenated alkanes) is 2. The van der Waals surface area contributed by atoms with Gasteiger partial charge in [0.2, 0.25) is 0 Å². The molecule has 0 spiro atoms. The van der Waals surface area contributed by atoms with E-state index in [4.69, 9.17) is 5.11 Å². The van der Waals surface area contributed by atoms with Crippen LogP contribution in [0.3, 0.4) is 0 Å². The Kier molecular flexibility index (Phi) is 6.07. The maximum Gasteiger partial charge on any atom is 0.303 e. The van der Waals surface area contributed by atoms with Crippen molar-refractivity contribution in [2.75, 3.05) is 5.75 Å². The first-order valence-electron chi connectivity index (χ1n) is 8.57. The maximum atomic E-state index is 12.5. The molecule has 0 amide bonds. The number of aromatic nitrogens is 2. The molecule has 0 aliphatic heterocycles. The molecular formula is C20H20N2O3S. The van der Waals surface area contributed by atoms with E-state index < -0.39 is 5.97 Å². The van der Waals surface area contributed by atoms with Crippen molar-refractivity contribution < 1.29 is 14.7 Å². The van der Waals surface area contributed by atoms with E-state index in [1.807, 2.05) is 42.5 Å². The van der Waals surface area contributed by atoms with Gasteiger partial charge in [-0.3, -0.25) is 9.59 Å². The van der Waals surface area contributed by atoms with Gasteiger partial charge in [0.1, 0.15) is 0 Å². The van der Waals surface area contributed by atoms with Gasteiger partial charge in [-0.15, -0.1) is 0 Å². The van der Waals surface area contributed by atoms with Crippen LogP contribution >= 0.6 is 11.8 Å². The molecule has 0 unspecified atom stereocenters. The number of hydrogen-bond acceptors (Lipinski definition) is 4. The molecule has 0 fully saturated rings. The van der Waals surface area contributed by atoms with Crippen LogP contribution < -0.4 is 0 Å². The van der Waals surface area contributed by atoms with E-state index in [-0.39, 0.29) is 12.2 Å². The molecule has 134 valence electrons. The number of imidazole rings is 1. The lowest BCUT2D eigenvalue weighted by molar-refractivity contribution is -0.137. The lowest BCUT2D eigenvalue weighted by atomic mass is 10.0. The summed E-state index contributed by atoms with van der Waals surface area (Å²) in [5, 5.41) is 9.44. The van der Waals surface area contributed by atoms with Crippen LogP contribution in [-0.2, 0) is 4.79 Å². The molecule has 2 aromatic carbocycles. The van der Waals surface area contributed by atoms with Crippen LogP contribution in [-0.4, -0.2) is 32.6 Å². The Labute approximate surface area is 155 Å². The highest BCUT2D eigenvalue weighted by molar-refractivity contribution is 7.99. The minimum Gasteiger partial charge on any atom is -0.481 e. The predicted molar refractivity (Wildman–Crippen MR) is 103 cm³/mol. The van der Waals surface area contributed by atoms with Gasteiger partial charge in [-0.1, -0.05) is 48.5 Å². The second kappa shape index (κ2) is 8.67. The van der Waals surface area contributed by atoms with Crippen molar-refractivity contribution >= 4 is 34.5 Å². The number of carbonyl (C=O) groups excluding carboxylic acids is 1. The molecule has 0 radical (unpaired) electrons. The molecule has 0 aliphatic rings. The van der Waals surface area contributed by atoms with Crippen molar-refractivity contribution in [3.63, 3.8) is 0 Å². The van der Waals surface area contributed by atoms with Gasteiger partial charge < -0.3 is 10.1 Å². The Morgan fingerprint density at radius 3 is 2.58 bits per heavy atom. The number of ketones is 1. The van der Waals surface area contributed by atoms with Crippen LogP contribution in [0.25, 0.3) is 11.0 Å². The van der Waals surface area contributed by atoms with Crippen molar-refractivity contribution in [3.05, 3.63) is 59.7 Å². The lowest BCUT2D eigenvalue weighted by Gasteiger charge is -2.00. The number of nitrogens with zero attached hydrogens (tertiary/aromatic N) is 1. The van der Waals surface area contributed by atoms with Crippen LogP contribution in [0.2, 0.25) is 0 Å². The van der Waals surface area contributed by atoms with Gasteiger partial charge in [-0.05, 0) is 31.0 Å². The average Bonchev–Trinajstić information content (AvgIpc) is 3.06. The summed E-state index contributed by atoms with van der Waals surface area (Å²) in [6.45, 7) is 0. The Balaban J connectivity index is 1.61. The fourth-order valence-electron chi connectivity index (χ4n) is 2.68. The van der Waals surface area contributed by atoms with E-state index in [0.29, 0.717) is 17.5 Å². The minimum absolute atomic E-state index is 0.00488. The SMILES string of the molecule is O=C(O)CCCCCSc1nc2ccc(C(=O)c3ccccc3)cc2[nH]1. The Morgan fingerprint density at radius 2 is 1.81 bits per heavy atom. The molecule has 0 saturated carbocycles. The zero-order chi connectivity index (χ0) is 18.4. The molecule has 3 rings (SSSR count). The highest BCUT2D eigenvalue weighted by Crippen LogP contribution is 2.22. The molecule has 2 N–H and O–H groups in total. The van der Waals surface area contributed by atoms with Crippen molar-refractivity contribution in [1.29, 1.82) is 0 Å². The number of hydrogen-bond donors (Lipinski definition) is 2. The lowest BCUT2D eigenvalue weighted by Crippen LogP contribution is -2.00. The van der Waals surface area contributed by atoms with E-state index in [1.165, 1.54) is 0 Å². The Morgan fingerprint density at radius 1 is 1.00 bits per heavy atom. The van der Waals surface area contributed by atoms with Crippen molar-refractivity contribution in [1.82, 2.24) is 9.97 Å². The second-order valence-electron chi connectivity index (χ2n) is 6.02. The van der Waals surface area contributed by atoms with Gasteiger partial charge in [-0.2, -0.15) is 0 Å². The van der Waals surface area contributed by atoms with E-state index in [1.54, 1.807) is 17.8 Å². The van der Waals surface area contributed by atoms with Gasteiger partial charge in [0.25, 0.3) is 0 Å². The molecule has 0 saturated heterocycles. The van der Waals surface area contributed by atoms with Gasteiger partial charge >= 0.3 is 5.97 Å². The normalized spacial score (nSPS) is 10.9. The number of thioether (sulfide) groups is 1. The highest BCUT2D eigenvalue weighted by atomic mass is 32.2. The predicted octanol–water partition coefficient (Wildman–Crippen LogP) is 4.53. The third-order valence-electron chi connectivity index (χ3n) is 4.03. The first kappa shape index (κ1) is 18.2. The number of nitrogens with one attached hydrogen (secondary N) is 1. The molecule has 1 heterocycles. The molecule has 0 atom stereocenters. The third-order valence-corrected chi connectivity index (χ3v) is 4.99. The summed E-state index contributed by atoms with van der Waals surface area (Å²) in [6, 6.07) is 14.7. The molecule has 26 heavy (non-hydrogen) atoms. The standard InChI is InChI=1S/C20H20N2O3S/c23-18(24)9-5-2-6-12-26-20-21-16-11-10-15(13-17(16)22-20)19(25)14-7-3-1-4-8-14/h1,3-4,7-8,10-11,13H,2,5-6,9,12H2,(H,21,22)(H,23,24). The van der Waals surface area contributed by atoms with E-state index in [2.05, 4.69) is 9.97 Å². The molecule has 0 aliphatic carbocycles. The molecule has 1 aromatic heterocycles. The first-order chi connectivity index (χ1) is 12.6. The largest absolute Gasteiger partial charge is 0.481 e. The smallest absolute Gasteiger partial charge is 0.303 e. The summed E-state index contributed by atoms with van der Waals surface area (Å²) in [7, 11) is 0. The summed E-state index contributed by atoms with van der Waals surface area (Å²) in [5.74, 6) is 0.139. The van der Waals surface area contributed by atoms with E-state index in [9.17, 15) is 9.59 Å². The number of carboxylic acids is 1. The number of aliphatic carboxylic acids is 1. The zero-order valence-corrected chi connectivity index (χ0v) is 15.1. The van der Waals surface area contributed by atoms with Crippen LogP contribution in [0.4, 0.5) is 0 Å². The zero-order valence-electron chi connectivity index (χ0n) is 14.3. The average molecular weight is 368 g/mol. The number of carboxylic acid groups (broad SMARTS) is 1. The number of fused-ring (bicyclic) bond motifs is 1. The first-order valence-corrected chi connectivity index (χ1v) is 9.56. The minimum atomic E-state index is -0.740. The van der Waals surface area contributed by atoms with Crippen molar-refractivity contribution in [2.24, 2.45) is 0 Å². The van der Waals surface area contributed by atoms with Crippen LogP contribution in [0, 0.1) is 0 Å². The van der Waals surface area contributed by atoms with Gasteiger partial charge in [0.15, 0.2) is 10.9 Å². The molecule has 6 heteroatoms. The molecular weight excluding hydrogens is 348 g/mol. The fraction of sp³-hybridized carbons (Fsp3) is 0.250. The van der Waals surface area contributed by atoms with Crippen LogP contribution in [0.1, 0.15) is 41.6 Å². The Hall–Kier alpha value is -2.60. The third kappa shape index (κ3) is 4.73. The van der Waals surface area contributed by atoms with Gasteiger partial charge in [0.05, 0.1) is 11.0 Å². The summed E-state index contributed by atoms with van der Waals surface area (Å²) in [5.41, 5.74) is 2.99. The number of benzene rings is 2. The summed E-state index contributed by atoms with van der Waals surface area (Å²) in [4.78, 5) is 30.8. The quantitative estimate of drug-likeness (QED) is 0.329. The molecule has 5 nitrogen and oxygen atoms in total. The van der Waals surface area contributed by atoms with Crippen molar-refractivity contribution in [2.45, 2.75) is 30.8 Å². The summed E-state index contributed by atoms with van der Waals surface area (Å²) >= 11 is 1.62. The van der Waals surface area contributed by atoms with Crippen LogP contribution in [0.5, 0.6) is 0 Å². The second-order valence-corrected chi connectivity index (χ2v) is 7.11.